The molecular formula is C15H15BrFNO. The molecule has 0 aliphatic heterocycles. The van der Waals surface area contributed by atoms with Gasteiger partial charge < -0.3 is 10.5 Å². The summed E-state index contributed by atoms with van der Waals surface area (Å²) in [6, 6.07) is 10.7. The zero-order chi connectivity index (χ0) is 13.8. The number of rotatable bonds is 4. The third-order valence-electron chi connectivity index (χ3n) is 2.88. The molecular weight excluding hydrogens is 309 g/mol. The number of hydrogen-bond donors (Lipinski definition) is 1. The summed E-state index contributed by atoms with van der Waals surface area (Å²) in [7, 11) is 0. The molecule has 0 saturated heterocycles. The van der Waals surface area contributed by atoms with Gasteiger partial charge in [0, 0.05) is 16.6 Å². The first kappa shape index (κ1) is 14.0. The van der Waals surface area contributed by atoms with E-state index < -0.39 is 0 Å². The molecule has 0 radical (unpaired) electrons. The summed E-state index contributed by atoms with van der Waals surface area (Å²) >= 11 is 3.49. The van der Waals surface area contributed by atoms with Gasteiger partial charge >= 0.3 is 0 Å². The van der Waals surface area contributed by atoms with E-state index in [1.807, 2.05) is 18.2 Å². The normalized spacial score (nSPS) is 10.5. The van der Waals surface area contributed by atoms with E-state index in [1.54, 1.807) is 19.1 Å². The molecule has 0 heterocycles. The van der Waals surface area contributed by atoms with E-state index >= 15 is 0 Å². The van der Waals surface area contributed by atoms with Gasteiger partial charge in [0.2, 0.25) is 0 Å². The van der Waals surface area contributed by atoms with Crippen molar-refractivity contribution in [2.24, 2.45) is 5.73 Å². The highest BCUT2D eigenvalue weighted by atomic mass is 79.9. The average Bonchev–Trinajstić information content (AvgIpc) is 2.41. The minimum absolute atomic E-state index is 0.221. The topological polar surface area (TPSA) is 35.2 Å². The molecule has 2 aromatic rings. The third kappa shape index (κ3) is 3.55. The summed E-state index contributed by atoms with van der Waals surface area (Å²) < 4.78 is 19.8. The van der Waals surface area contributed by atoms with E-state index in [9.17, 15) is 4.39 Å². The lowest BCUT2D eigenvalue weighted by Crippen LogP contribution is -2.00. The summed E-state index contributed by atoms with van der Waals surface area (Å²) in [6.07, 6.45) is 0. The van der Waals surface area contributed by atoms with Crippen LogP contribution in [0.25, 0.3) is 0 Å². The van der Waals surface area contributed by atoms with Crippen molar-refractivity contribution < 1.29 is 9.13 Å². The number of nitrogens with two attached hydrogens (primary N) is 1. The Morgan fingerprint density at radius 2 is 2.00 bits per heavy atom. The van der Waals surface area contributed by atoms with E-state index in [0.29, 0.717) is 24.5 Å². The summed E-state index contributed by atoms with van der Waals surface area (Å²) in [5.74, 6) is 0.439. The first-order valence-corrected chi connectivity index (χ1v) is 6.76. The Hall–Kier alpha value is -1.39. The predicted molar refractivity (Wildman–Crippen MR) is 77.5 cm³/mol. The molecule has 0 amide bonds. The molecule has 4 heteroatoms. The number of halogens is 2. The Kier molecular flexibility index (Phi) is 4.56. The molecule has 0 saturated carbocycles. The van der Waals surface area contributed by atoms with Crippen molar-refractivity contribution in [3.8, 4) is 5.75 Å². The van der Waals surface area contributed by atoms with E-state index in [-0.39, 0.29) is 5.82 Å². The van der Waals surface area contributed by atoms with Gasteiger partial charge in [-0.15, -0.1) is 0 Å². The van der Waals surface area contributed by atoms with Gasteiger partial charge in [0.05, 0.1) is 0 Å². The average molecular weight is 324 g/mol. The maximum Gasteiger partial charge on any atom is 0.126 e. The smallest absolute Gasteiger partial charge is 0.126 e. The SMILES string of the molecule is Cc1cc(OCc2ccc(CN)cc2Br)ccc1F. The van der Waals surface area contributed by atoms with Gasteiger partial charge in [-0.3, -0.25) is 0 Å². The molecule has 0 aliphatic rings. The van der Waals surface area contributed by atoms with Crippen LogP contribution in [0.15, 0.2) is 40.9 Å². The van der Waals surface area contributed by atoms with Crippen LogP contribution in [0.4, 0.5) is 4.39 Å². The second-order valence-electron chi connectivity index (χ2n) is 4.33. The highest BCUT2D eigenvalue weighted by Crippen LogP contribution is 2.22. The second kappa shape index (κ2) is 6.17. The van der Waals surface area contributed by atoms with E-state index in [4.69, 9.17) is 10.5 Å². The summed E-state index contributed by atoms with van der Waals surface area (Å²) in [6.45, 7) is 2.65. The van der Waals surface area contributed by atoms with Crippen molar-refractivity contribution in [1.29, 1.82) is 0 Å². The molecule has 0 aliphatic carbocycles. The van der Waals surface area contributed by atoms with E-state index in [0.717, 1.165) is 15.6 Å². The van der Waals surface area contributed by atoms with Gasteiger partial charge in [-0.2, -0.15) is 0 Å². The number of aryl methyl sites for hydroxylation is 1. The van der Waals surface area contributed by atoms with Gasteiger partial charge in [-0.05, 0) is 42.3 Å². The van der Waals surface area contributed by atoms with Gasteiger partial charge in [0.15, 0.2) is 0 Å². The zero-order valence-corrected chi connectivity index (χ0v) is 12.2. The van der Waals surface area contributed by atoms with Gasteiger partial charge in [0.1, 0.15) is 18.2 Å². The summed E-state index contributed by atoms with van der Waals surface area (Å²) in [5, 5.41) is 0. The first-order valence-electron chi connectivity index (χ1n) is 5.96. The van der Waals surface area contributed by atoms with Crippen LogP contribution in [0.5, 0.6) is 5.75 Å². The lowest BCUT2D eigenvalue weighted by molar-refractivity contribution is 0.304. The number of benzene rings is 2. The maximum absolute atomic E-state index is 13.1. The lowest BCUT2D eigenvalue weighted by Gasteiger charge is -2.10. The Morgan fingerprint density at radius 3 is 2.63 bits per heavy atom. The first-order chi connectivity index (χ1) is 9.10. The van der Waals surface area contributed by atoms with Crippen molar-refractivity contribution in [3.05, 3.63) is 63.4 Å². The van der Waals surface area contributed by atoms with Crippen molar-refractivity contribution in [3.63, 3.8) is 0 Å². The zero-order valence-electron chi connectivity index (χ0n) is 10.6. The standard InChI is InChI=1S/C15H15BrFNO/c1-10-6-13(4-5-15(10)17)19-9-12-3-2-11(8-18)7-14(12)16/h2-7H,8-9,18H2,1H3. The van der Waals surface area contributed by atoms with Crippen LogP contribution in [0.3, 0.4) is 0 Å². The summed E-state index contributed by atoms with van der Waals surface area (Å²) in [4.78, 5) is 0. The molecule has 0 spiro atoms. The minimum Gasteiger partial charge on any atom is -0.489 e. The Balaban J connectivity index is 2.07. The molecule has 2 nitrogen and oxygen atoms in total. The molecule has 19 heavy (non-hydrogen) atoms. The minimum atomic E-state index is -0.221. The predicted octanol–water partition coefficient (Wildman–Crippen LogP) is 3.93. The molecule has 2 rings (SSSR count). The fourth-order valence-corrected chi connectivity index (χ4v) is 2.24. The van der Waals surface area contributed by atoms with Crippen molar-refractivity contribution in [2.75, 3.05) is 0 Å². The molecule has 0 fully saturated rings. The molecule has 0 bridgehead atoms. The van der Waals surface area contributed by atoms with Gasteiger partial charge in [-0.1, -0.05) is 28.1 Å². The molecule has 2 N–H and O–H groups in total. The van der Waals surface area contributed by atoms with Crippen LogP contribution in [0.2, 0.25) is 0 Å². The highest BCUT2D eigenvalue weighted by Gasteiger charge is 2.04. The number of hydrogen-bond acceptors (Lipinski definition) is 2. The fraction of sp³-hybridized carbons (Fsp3) is 0.200. The molecule has 0 unspecified atom stereocenters. The largest absolute Gasteiger partial charge is 0.489 e. The third-order valence-corrected chi connectivity index (χ3v) is 3.62. The van der Waals surface area contributed by atoms with Crippen molar-refractivity contribution in [1.82, 2.24) is 0 Å². The Bertz CT molecular complexity index is 586. The van der Waals surface area contributed by atoms with Crippen LogP contribution >= 0.6 is 15.9 Å². The Labute approximate surface area is 120 Å². The van der Waals surface area contributed by atoms with Crippen molar-refractivity contribution >= 4 is 15.9 Å². The van der Waals surface area contributed by atoms with Crippen LogP contribution in [-0.4, -0.2) is 0 Å². The summed E-state index contributed by atoms with van der Waals surface area (Å²) in [5.41, 5.74) is 8.25. The van der Waals surface area contributed by atoms with Gasteiger partial charge in [0.25, 0.3) is 0 Å². The van der Waals surface area contributed by atoms with Crippen LogP contribution in [0, 0.1) is 12.7 Å². The van der Waals surface area contributed by atoms with Gasteiger partial charge in [-0.25, -0.2) is 4.39 Å². The molecule has 100 valence electrons. The Morgan fingerprint density at radius 1 is 1.21 bits per heavy atom. The van der Waals surface area contributed by atoms with Crippen LogP contribution in [-0.2, 0) is 13.2 Å². The van der Waals surface area contributed by atoms with Crippen LogP contribution < -0.4 is 10.5 Å². The van der Waals surface area contributed by atoms with E-state index in [1.165, 1.54) is 6.07 Å². The highest BCUT2D eigenvalue weighted by molar-refractivity contribution is 9.10. The van der Waals surface area contributed by atoms with Crippen molar-refractivity contribution in [2.45, 2.75) is 20.1 Å². The second-order valence-corrected chi connectivity index (χ2v) is 5.18. The monoisotopic (exact) mass is 323 g/mol. The number of ether oxygens (including phenoxy) is 1. The quantitative estimate of drug-likeness (QED) is 0.925. The molecule has 0 aromatic heterocycles. The van der Waals surface area contributed by atoms with Crippen LogP contribution in [0.1, 0.15) is 16.7 Å². The van der Waals surface area contributed by atoms with E-state index in [2.05, 4.69) is 15.9 Å². The fourth-order valence-electron chi connectivity index (χ4n) is 1.70. The molecule has 2 aromatic carbocycles. The molecule has 0 atom stereocenters. The maximum atomic E-state index is 13.1. The lowest BCUT2D eigenvalue weighted by atomic mass is 10.1.